The number of amides is 8. The maximum absolute atomic E-state index is 14.3. The highest BCUT2D eigenvalue weighted by Crippen LogP contribution is 2.39. The van der Waals surface area contributed by atoms with Crippen molar-refractivity contribution < 1.29 is 43.5 Å². The van der Waals surface area contributed by atoms with Crippen LogP contribution in [0.2, 0.25) is 0 Å². The summed E-state index contributed by atoms with van der Waals surface area (Å²) in [5.41, 5.74) is 7.89. The number of hydrogen-bond donors (Lipinski definition) is 7. The highest BCUT2D eigenvalue weighted by atomic mass is 16.4. The van der Waals surface area contributed by atoms with E-state index in [0.717, 1.165) is 11.3 Å². The third kappa shape index (κ3) is 12.8. The molecule has 3 aromatic carbocycles. The molecule has 4 atom stereocenters. The first-order valence-electron chi connectivity index (χ1n) is 22.1. The van der Waals surface area contributed by atoms with Gasteiger partial charge in [-0.15, -0.1) is 0 Å². The van der Waals surface area contributed by atoms with Crippen LogP contribution in [0.4, 0.5) is 21.9 Å². The molecule has 3 aromatic rings. The Labute approximate surface area is 379 Å². The number of anilines is 3. The van der Waals surface area contributed by atoms with Crippen LogP contribution in [0.25, 0.3) is 0 Å². The Morgan fingerprint density at radius 3 is 2.08 bits per heavy atom. The van der Waals surface area contributed by atoms with Crippen molar-refractivity contribution in [1.82, 2.24) is 25.8 Å². The minimum atomic E-state index is -1.58. The van der Waals surface area contributed by atoms with Crippen LogP contribution in [0.15, 0.2) is 78.9 Å². The fraction of sp³-hybridized carbons (Fsp3) is 0.447. The number of aliphatic carboxylic acids is 1. The second-order valence-corrected chi connectivity index (χ2v) is 16.8. The lowest BCUT2D eigenvalue weighted by Gasteiger charge is -2.44. The van der Waals surface area contributed by atoms with Gasteiger partial charge in [0.05, 0.1) is 19.5 Å². The maximum atomic E-state index is 14.3. The number of nitrogens with one attached hydrogen (secondary N) is 5. The molecule has 65 heavy (non-hydrogen) atoms. The van der Waals surface area contributed by atoms with E-state index in [1.54, 1.807) is 42.2 Å². The molecule has 2 aliphatic heterocycles. The number of benzene rings is 3. The third-order valence-electron chi connectivity index (χ3n) is 12.1. The molecule has 18 nitrogen and oxygen atoms in total. The van der Waals surface area contributed by atoms with Gasteiger partial charge in [0.25, 0.3) is 5.91 Å². The molecular formula is C47H61N9O9. The molecule has 0 radical (unpaired) electrons. The van der Waals surface area contributed by atoms with E-state index in [2.05, 4.69) is 26.6 Å². The second-order valence-electron chi connectivity index (χ2n) is 16.8. The summed E-state index contributed by atoms with van der Waals surface area (Å²) >= 11 is 0. The van der Waals surface area contributed by atoms with Crippen LogP contribution in [0.3, 0.4) is 0 Å². The number of para-hydroxylation sites is 2. The van der Waals surface area contributed by atoms with Gasteiger partial charge >= 0.3 is 12.0 Å². The van der Waals surface area contributed by atoms with Gasteiger partial charge in [-0.05, 0) is 73.6 Å². The van der Waals surface area contributed by atoms with Crippen molar-refractivity contribution in [2.75, 3.05) is 41.8 Å². The summed E-state index contributed by atoms with van der Waals surface area (Å²) in [7, 11) is 0. The summed E-state index contributed by atoms with van der Waals surface area (Å²) in [6, 6.07) is 19.1. The molecular weight excluding hydrogens is 835 g/mol. The Balaban J connectivity index is 1.22. The highest BCUT2D eigenvalue weighted by molar-refractivity contribution is 6.00. The van der Waals surface area contributed by atoms with Crippen LogP contribution in [0, 0.1) is 12.8 Å². The molecule has 5 rings (SSSR count). The lowest BCUT2D eigenvalue weighted by Crippen LogP contribution is -2.62. The van der Waals surface area contributed by atoms with E-state index in [9.17, 15) is 43.5 Å². The van der Waals surface area contributed by atoms with Gasteiger partial charge in [-0.2, -0.15) is 0 Å². The summed E-state index contributed by atoms with van der Waals surface area (Å²) in [4.78, 5) is 111. The van der Waals surface area contributed by atoms with Gasteiger partial charge in [-0.3, -0.25) is 33.6 Å². The van der Waals surface area contributed by atoms with Gasteiger partial charge in [0.1, 0.15) is 30.2 Å². The summed E-state index contributed by atoms with van der Waals surface area (Å²) in [5.74, 6) is -5.21. The van der Waals surface area contributed by atoms with Crippen molar-refractivity contribution in [3.8, 4) is 0 Å². The van der Waals surface area contributed by atoms with E-state index in [4.69, 9.17) is 5.73 Å². The Bertz CT molecular complexity index is 2200. The SMILES string of the molecule is CCCC[C@H](NC(=O)Cc1ccc(NC(=O)Nc2ccccc2C)cc1)C(=O)N[C@@H](CC(=O)O)C(=O)N[C@H](C(=O)N1CCC2(CC1)C(=O)N(CC(N)=O)CN2c1ccccc1)C(C)CC. The van der Waals surface area contributed by atoms with E-state index < -0.39 is 77.5 Å². The molecule has 0 aromatic heterocycles. The maximum Gasteiger partial charge on any atom is 0.323 e. The summed E-state index contributed by atoms with van der Waals surface area (Å²) in [5, 5.41) is 23.3. The molecule has 348 valence electrons. The zero-order valence-electron chi connectivity index (χ0n) is 37.4. The number of piperidine rings is 1. The van der Waals surface area contributed by atoms with Crippen molar-refractivity contribution in [2.24, 2.45) is 11.7 Å². The predicted octanol–water partition coefficient (Wildman–Crippen LogP) is 3.50. The molecule has 18 heteroatoms. The Kier molecular flexibility index (Phi) is 17.0. The third-order valence-corrected chi connectivity index (χ3v) is 12.1. The number of carbonyl (C=O) groups is 8. The number of rotatable bonds is 20. The van der Waals surface area contributed by atoms with Crippen LogP contribution in [-0.2, 0) is 40.0 Å². The van der Waals surface area contributed by atoms with Gasteiger partial charge in [-0.25, -0.2) is 4.79 Å². The van der Waals surface area contributed by atoms with Crippen molar-refractivity contribution in [1.29, 1.82) is 0 Å². The zero-order chi connectivity index (χ0) is 47.3. The molecule has 2 fully saturated rings. The number of carboxylic acid groups (broad SMARTS) is 1. The number of carboxylic acids is 1. The standard InChI is InChI=1S/C47H61N9O9/c1-5-7-16-36(50-39(58)26-32-18-20-33(21-19-32)49-46(65)52-35-17-12-11-13-31(35)4)42(61)51-37(27-40(59)60)43(62)53-41(30(3)6-2)44(63)54-24-22-47(23-25-54)45(64)55(28-38(48)57)29-56(47)34-14-9-8-10-15-34/h8-15,17-21,30,36-37,41H,5-7,16,22-29H2,1-4H3,(H2,48,57)(H,50,58)(H,51,61)(H,53,62)(H,59,60)(H2,49,52,65)/t30?,36-,37-,41-/m0/s1. The Hall–Kier alpha value is -6.98. The lowest BCUT2D eigenvalue weighted by molar-refractivity contribution is -0.144. The van der Waals surface area contributed by atoms with Crippen LogP contribution in [0.1, 0.15) is 76.8 Å². The van der Waals surface area contributed by atoms with E-state index in [0.29, 0.717) is 36.2 Å². The Morgan fingerprint density at radius 1 is 0.815 bits per heavy atom. The molecule has 0 aliphatic carbocycles. The quantitative estimate of drug-likeness (QED) is 0.0870. The molecule has 1 unspecified atom stereocenters. The largest absolute Gasteiger partial charge is 0.481 e. The van der Waals surface area contributed by atoms with Gasteiger partial charge in [-0.1, -0.05) is 88.6 Å². The number of urea groups is 1. The van der Waals surface area contributed by atoms with Gasteiger partial charge in [0.15, 0.2) is 0 Å². The average Bonchev–Trinajstić information content (AvgIpc) is 3.53. The first-order chi connectivity index (χ1) is 31.0. The molecule has 8 amide bonds. The fourth-order valence-electron chi connectivity index (χ4n) is 8.21. The lowest BCUT2D eigenvalue weighted by atomic mass is 9.84. The minimum Gasteiger partial charge on any atom is -0.481 e. The average molecular weight is 896 g/mol. The number of carbonyl (C=O) groups excluding carboxylic acids is 7. The number of hydrogen-bond acceptors (Lipinski definition) is 9. The zero-order valence-corrected chi connectivity index (χ0v) is 37.4. The van der Waals surface area contributed by atoms with E-state index in [1.165, 1.54) is 4.90 Å². The first-order valence-corrected chi connectivity index (χ1v) is 22.1. The molecule has 2 saturated heterocycles. The van der Waals surface area contributed by atoms with Gasteiger partial charge in [0, 0.05) is 30.2 Å². The number of primary amides is 1. The van der Waals surface area contributed by atoms with Crippen LogP contribution >= 0.6 is 0 Å². The molecule has 2 aliphatic rings. The van der Waals surface area contributed by atoms with Crippen molar-refractivity contribution in [3.05, 3.63) is 90.0 Å². The van der Waals surface area contributed by atoms with Crippen molar-refractivity contribution in [2.45, 2.75) is 103 Å². The van der Waals surface area contributed by atoms with Crippen molar-refractivity contribution >= 4 is 64.5 Å². The van der Waals surface area contributed by atoms with Crippen LogP contribution in [0.5, 0.6) is 0 Å². The smallest absolute Gasteiger partial charge is 0.323 e. The predicted molar refractivity (Wildman–Crippen MR) is 244 cm³/mol. The Morgan fingerprint density at radius 2 is 1.46 bits per heavy atom. The monoisotopic (exact) mass is 895 g/mol. The van der Waals surface area contributed by atoms with Crippen LogP contribution in [-0.4, -0.2) is 112 Å². The fourth-order valence-corrected chi connectivity index (χ4v) is 8.21. The topological polar surface area (TPSA) is 253 Å². The first kappa shape index (κ1) is 49.0. The number of aryl methyl sites for hydroxylation is 1. The van der Waals surface area contributed by atoms with E-state index in [-0.39, 0.29) is 57.9 Å². The molecule has 2 heterocycles. The number of likely N-dealkylation sites (tertiary alicyclic amines) is 1. The van der Waals surface area contributed by atoms with Gasteiger partial charge in [0.2, 0.25) is 29.5 Å². The number of nitrogens with zero attached hydrogens (tertiary/aromatic N) is 3. The highest BCUT2D eigenvalue weighted by Gasteiger charge is 2.54. The molecule has 8 N–H and O–H groups in total. The van der Waals surface area contributed by atoms with Crippen LogP contribution < -0.4 is 37.2 Å². The molecule has 1 spiro atoms. The number of nitrogens with two attached hydrogens (primary N) is 1. The summed E-state index contributed by atoms with van der Waals surface area (Å²) < 4.78 is 0. The number of unbranched alkanes of at least 4 members (excludes halogenated alkanes) is 1. The summed E-state index contributed by atoms with van der Waals surface area (Å²) in [6.45, 7) is 7.62. The second kappa shape index (κ2) is 22.6. The van der Waals surface area contributed by atoms with E-state index >= 15 is 0 Å². The van der Waals surface area contributed by atoms with E-state index in [1.807, 2.05) is 74.2 Å². The summed E-state index contributed by atoms with van der Waals surface area (Å²) in [6.07, 6.45) is 1.49. The molecule has 0 saturated carbocycles. The minimum absolute atomic E-state index is 0.106. The van der Waals surface area contributed by atoms with Gasteiger partial charge < -0.3 is 52.1 Å². The van der Waals surface area contributed by atoms with Crippen molar-refractivity contribution in [3.63, 3.8) is 0 Å². The molecule has 0 bridgehead atoms. The normalized spacial score (nSPS) is 16.2.